The SMILES string of the molecule is O=S1(=O)CCCC(Nc2n[nH]c(=S)s2)C1. The third kappa shape index (κ3) is 2.99. The van der Waals surface area contributed by atoms with Crippen LogP contribution in [-0.2, 0) is 9.84 Å². The van der Waals surface area contributed by atoms with E-state index in [1.165, 1.54) is 11.3 Å². The highest BCUT2D eigenvalue weighted by atomic mass is 32.2. The van der Waals surface area contributed by atoms with Crippen LogP contribution in [0.4, 0.5) is 5.13 Å². The monoisotopic (exact) mass is 265 g/mol. The van der Waals surface area contributed by atoms with Crippen LogP contribution in [0.25, 0.3) is 0 Å². The van der Waals surface area contributed by atoms with Crippen molar-refractivity contribution in [2.45, 2.75) is 18.9 Å². The fraction of sp³-hybridized carbons (Fsp3) is 0.714. The third-order valence-corrected chi connectivity index (χ3v) is 5.07. The number of aromatic amines is 1. The molecule has 0 saturated carbocycles. The van der Waals surface area contributed by atoms with Gasteiger partial charge in [-0.05, 0) is 25.1 Å². The van der Waals surface area contributed by atoms with Crippen molar-refractivity contribution < 1.29 is 8.42 Å². The lowest BCUT2D eigenvalue weighted by Gasteiger charge is -2.22. The van der Waals surface area contributed by atoms with E-state index in [4.69, 9.17) is 12.2 Å². The normalized spacial score (nSPS) is 24.9. The Morgan fingerprint density at radius 2 is 2.40 bits per heavy atom. The van der Waals surface area contributed by atoms with Gasteiger partial charge in [-0.3, -0.25) is 5.10 Å². The van der Waals surface area contributed by atoms with E-state index >= 15 is 0 Å². The quantitative estimate of drug-likeness (QED) is 0.786. The maximum absolute atomic E-state index is 11.4. The fourth-order valence-electron chi connectivity index (χ4n) is 1.60. The summed E-state index contributed by atoms with van der Waals surface area (Å²) in [6.07, 6.45) is 1.58. The van der Waals surface area contributed by atoms with E-state index < -0.39 is 9.84 Å². The molecule has 0 aliphatic carbocycles. The average Bonchev–Trinajstić information content (AvgIpc) is 2.49. The highest BCUT2D eigenvalue weighted by Gasteiger charge is 2.24. The number of nitrogens with one attached hydrogen (secondary N) is 2. The first-order valence-corrected chi connectivity index (χ1v) is 7.62. The number of rotatable bonds is 2. The second-order valence-corrected chi connectivity index (χ2v) is 7.41. The second-order valence-electron chi connectivity index (χ2n) is 3.52. The maximum Gasteiger partial charge on any atom is 0.204 e. The summed E-state index contributed by atoms with van der Waals surface area (Å²) in [5.41, 5.74) is 0. The van der Waals surface area contributed by atoms with Crippen LogP contribution >= 0.6 is 23.6 Å². The Bertz CT molecular complexity index is 490. The Morgan fingerprint density at radius 3 is 3.00 bits per heavy atom. The first-order chi connectivity index (χ1) is 7.05. The van der Waals surface area contributed by atoms with E-state index in [1.807, 2.05) is 0 Å². The lowest BCUT2D eigenvalue weighted by Crippen LogP contribution is -2.34. The van der Waals surface area contributed by atoms with E-state index in [1.54, 1.807) is 0 Å². The van der Waals surface area contributed by atoms with Gasteiger partial charge in [0.05, 0.1) is 11.5 Å². The Kier molecular flexibility index (Phi) is 3.08. The molecule has 1 aromatic heterocycles. The summed E-state index contributed by atoms with van der Waals surface area (Å²) >= 11 is 6.21. The third-order valence-electron chi connectivity index (χ3n) is 2.23. The van der Waals surface area contributed by atoms with Crippen molar-refractivity contribution in [2.75, 3.05) is 16.8 Å². The van der Waals surface area contributed by atoms with Gasteiger partial charge in [-0.1, -0.05) is 11.3 Å². The molecule has 15 heavy (non-hydrogen) atoms. The van der Waals surface area contributed by atoms with Gasteiger partial charge in [0.25, 0.3) is 0 Å². The number of sulfone groups is 1. The summed E-state index contributed by atoms with van der Waals surface area (Å²) in [7, 11) is -2.87. The topological polar surface area (TPSA) is 74.8 Å². The van der Waals surface area contributed by atoms with Crippen molar-refractivity contribution in [1.82, 2.24) is 10.2 Å². The van der Waals surface area contributed by atoms with Crippen molar-refractivity contribution in [2.24, 2.45) is 0 Å². The van der Waals surface area contributed by atoms with Gasteiger partial charge in [-0.15, -0.1) is 5.10 Å². The van der Waals surface area contributed by atoms with Gasteiger partial charge >= 0.3 is 0 Å². The van der Waals surface area contributed by atoms with Crippen LogP contribution in [0.2, 0.25) is 0 Å². The second kappa shape index (κ2) is 4.18. The number of hydrogen-bond acceptors (Lipinski definition) is 6. The molecular weight excluding hydrogens is 254 g/mol. The molecular formula is C7H11N3O2S3. The molecule has 1 aliphatic rings. The van der Waals surface area contributed by atoms with Crippen LogP contribution in [0.15, 0.2) is 0 Å². The van der Waals surface area contributed by atoms with Crippen LogP contribution in [0, 0.1) is 3.95 Å². The minimum Gasteiger partial charge on any atom is -0.356 e. The molecule has 2 N–H and O–H groups in total. The number of aromatic nitrogens is 2. The highest BCUT2D eigenvalue weighted by Crippen LogP contribution is 2.18. The van der Waals surface area contributed by atoms with Crippen LogP contribution in [-0.4, -0.2) is 36.2 Å². The Labute approximate surface area is 96.8 Å². The molecule has 1 aromatic rings. The van der Waals surface area contributed by atoms with E-state index in [0.29, 0.717) is 14.8 Å². The molecule has 0 radical (unpaired) electrons. The van der Waals surface area contributed by atoms with Crippen LogP contribution < -0.4 is 5.32 Å². The molecule has 5 nitrogen and oxygen atoms in total. The summed E-state index contributed by atoms with van der Waals surface area (Å²) in [5, 5.41) is 10.3. The maximum atomic E-state index is 11.4. The van der Waals surface area contributed by atoms with Gasteiger partial charge in [-0.25, -0.2) is 8.42 Å². The standard InChI is InChI=1S/C7H11N3O2S3/c11-15(12)3-1-2-5(4-15)8-6-9-10-7(13)14-6/h5H,1-4H2,(H,8,9)(H,10,13). The molecule has 84 valence electrons. The molecule has 1 fully saturated rings. The highest BCUT2D eigenvalue weighted by molar-refractivity contribution is 7.91. The minimum absolute atomic E-state index is 0.0299. The molecule has 0 bridgehead atoms. The summed E-state index contributed by atoms with van der Waals surface area (Å²) < 4.78 is 23.3. The molecule has 0 amide bonds. The van der Waals surface area contributed by atoms with Crippen LogP contribution in [0.1, 0.15) is 12.8 Å². The predicted molar refractivity (Wildman–Crippen MR) is 62.6 cm³/mol. The van der Waals surface area contributed by atoms with E-state index in [9.17, 15) is 8.42 Å². The fourth-order valence-corrected chi connectivity index (χ4v) is 4.11. The minimum atomic E-state index is -2.87. The van der Waals surface area contributed by atoms with Gasteiger partial charge < -0.3 is 5.32 Å². The summed E-state index contributed by atoms with van der Waals surface area (Å²) in [4.78, 5) is 0. The Balaban J connectivity index is 2.04. The van der Waals surface area contributed by atoms with Crippen molar-refractivity contribution in [3.8, 4) is 0 Å². The molecule has 1 atom stereocenters. The predicted octanol–water partition coefficient (Wildman–Crippen LogP) is 1.19. The van der Waals surface area contributed by atoms with Gasteiger partial charge in [0, 0.05) is 6.04 Å². The Hall–Kier alpha value is -0.470. The van der Waals surface area contributed by atoms with E-state index in [0.717, 1.165) is 12.8 Å². The molecule has 1 saturated heterocycles. The first-order valence-electron chi connectivity index (χ1n) is 4.58. The van der Waals surface area contributed by atoms with Crippen molar-refractivity contribution in [1.29, 1.82) is 0 Å². The van der Waals surface area contributed by atoms with Crippen LogP contribution in [0.3, 0.4) is 0 Å². The molecule has 8 heteroatoms. The lowest BCUT2D eigenvalue weighted by molar-refractivity contribution is 0.562. The summed E-state index contributed by atoms with van der Waals surface area (Å²) in [6, 6.07) is -0.0299. The lowest BCUT2D eigenvalue weighted by atomic mass is 10.2. The van der Waals surface area contributed by atoms with Crippen molar-refractivity contribution >= 4 is 38.5 Å². The summed E-state index contributed by atoms with van der Waals surface area (Å²) in [5.74, 6) is 0.501. The molecule has 1 aliphatic heterocycles. The largest absolute Gasteiger partial charge is 0.356 e. The number of H-pyrrole nitrogens is 1. The first kappa shape index (κ1) is 11.0. The van der Waals surface area contributed by atoms with Crippen LogP contribution in [0.5, 0.6) is 0 Å². The zero-order valence-corrected chi connectivity index (χ0v) is 10.3. The molecule has 2 rings (SSSR count). The van der Waals surface area contributed by atoms with Gasteiger partial charge in [0.2, 0.25) is 5.13 Å². The zero-order valence-electron chi connectivity index (χ0n) is 7.89. The number of nitrogens with zero attached hydrogens (tertiary/aromatic N) is 1. The van der Waals surface area contributed by atoms with Gasteiger partial charge in [0.1, 0.15) is 0 Å². The number of anilines is 1. The van der Waals surface area contributed by atoms with E-state index in [2.05, 4.69) is 15.5 Å². The van der Waals surface area contributed by atoms with Gasteiger partial charge in [0.15, 0.2) is 13.8 Å². The zero-order chi connectivity index (χ0) is 10.9. The molecule has 0 spiro atoms. The molecule has 0 aromatic carbocycles. The number of hydrogen-bond donors (Lipinski definition) is 2. The molecule has 1 unspecified atom stereocenters. The van der Waals surface area contributed by atoms with Gasteiger partial charge in [-0.2, -0.15) is 0 Å². The van der Waals surface area contributed by atoms with E-state index in [-0.39, 0.29) is 11.8 Å². The summed E-state index contributed by atoms with van der Waals surface area (Å²) in [6.45, 7) is 0. The smallest absolute Gasteiger partial charge is 0.204 e. The Morgan fingerprint density at radius 1 is 1.60 bits per heavy atom. The average molecular weight is 265 g/mol. The molecule has 2 heterocycles. The van der Waals surface area contributed by atoms with Crippen molar-refractivity contribution in [3.05, 3.63) is 3.95 Å². The van der Waals surface area contributed by atoms with Crippen molar-refractivity contribution in [3.63, 3.8) is 0 Å².